The second-order valence-electron chi connectivity index (χ2n) is 10.9. The highest BCUT2D eigenvalue weighted by Gasteiger charge is 2.41. The zero-order valence-electron chi connectivity index (χ0n) is 23.2. The van der Waals surface area contributed by atoms with Crippen molar-refractivity contribution in [3.05, 3.63) is 41.7 Å². The van der Waals surface area contributed by atoms with Crippen LogP contribution in [0.1, 0.15) is 62.1 Å². The number of hydrogen-bond donors (Lipinski definition) is 1. The fourth-order valence-corrected chi connectivity index (χ4v) is 5.64. The van der Waals surface area contributed by atoms with Gasteiger partial charge >= 0.3 is 6.09 Å². The molecule has 0 spiro atoms. The first-order chi connectivity index (χ1) is 18.8. The van der Waals surface area contributed by atoms with Crippen LogP contribution in [0.15, 0.2) is 30.3 Å². The Balaban J connectivity index is 1.67. The highest BCUT2D eigenvalue weighted by atomic mass is 16.5. The summed E-state index contributed by atoms with van der Waals surface area (Å²) in [5, 5.41) is 18.6. The third-order valence-corrected chi connectivity index (χ3v) is 7.47. The smallest absolute Gasteiger partial charge is 0.407 e. The van der Waals surface area contributed by atoms with Crippen molar-refractivity contribution in [2.45, 2.75) is 64.5 Å². The molecule has 1 aromatic heterocycles. The van der Waals surface area contributed by atoms with E-state index < -0.39 is 6.09 Å². The van der Waals surface area contributed by atoms with Gasteiger partial charge in [-0.2, -0.15) is 0 Å². The van der Waals surface area contributed by atoms with Crippen LogP contribution in [0.5, 0.6) is 0 Å². The minimum atomic E-state index is -1.04. The van der Waals surface area contributed by atoms with Crippen molar-refractivity contribution >= 4 is 17.9 Å². The standard InChI is InChI=1S/C28H40N6O5/c1-20(2)17-33(23-16-22(18-31(19-23)28(37)38)32-14-9-13-25(32)35)27(36)26-24(12-7-8-15-39-3)34(30-29-26)21-10-5-4-6-11-21/h4-6,10-11,20,22-23H,7-9,12-19H2,1-3H3,(H,37,38)/t22-,23+/m1/s1. The van der Waals surface area contributed by atoms with Crippen molar-refractivity contribution in [3.63, 3.8) is 0 Å². The highest BCUT2D eigenvalue weighted by molar-refractivity contribution is 5.93. The number of rotatable bonds is 11. The predicted octanol–water partition coefficient (Wildman–Crippen LogP) is 3.08. The number of likely N-dealkylation sites (tertiary alicyclic amines) is 2. The lowest BCUT2D eigenvalue weighted by atomic mass is 9.96. The molecule has 1 N–H and O–H groups in total. The van der Waals surface area contributed by atoms with Crippen LogP contribution in [-0.2, 0) is 16.0 Å². The van der Waals surface area contributed by atoms with Crippen molar-refractivity contribution in [1.82, 2.24) is 29.7 Å². The molecule has 0 unspecified atom stereocenters. The Morgan fingerprint density at radius 3 is 2.59 bits per heavy atom. The summed E-state index contributed by atoms with van der Waals surface area (Å²) in [7, 11) is 1.67. The second kappa shape index (κ2) is 13.1. The number of nitrogens with zero attached hydrogens (tertiary/aromatic N) is 6. The average Bonchev–Trinajstić information content (AvgIpc) is 3.55. The second-order valence-corrected chi connectivity index (χ2v) is 10.9. The van der Waals surface area contributed by atoms with E-state index in [9.17, 15) is 19.5 Å². The van der Waals surface area contributed by atoms with Gasteiger partial charge in [-0.1, -0.05) is 37.3 Å². The Kier molecular flexibility index (Phi) is 9.55. The van der Waals surface area contributed by atoms with Gasteiger partial charge in [0.25, 0.3) is 5.91 Å². The zero-order valence-corrected chi connectivity index (χ0v) is 23.2. The Hall–Kier alpha value is -3.47. The molecule has 0 radical (unpaired) electrons. The van der Waals surface area contributed by atoms with Crippen molar-refractivity contribution in [2.75, 3.05) is 39.9 Å². The number of aromatic nitrogens is 3. The van der Waals surface area contributed by atoms with Crippen molar-refractivity contribution in [2.24, 2.45) is 5.92 Å². The van der Waals surface area contributed by atoms with Gasteiger partial charge in [-0.3, -0.25) is 9.59 Å². The largest absolute Gasteiger partial charge is 0.465 e. The van der Waals surface area contributed by atoms with E-state index in [-0.39, 0.29) is 48.6 Å². The van der Waals surface area contributed by atoms with Gasteiger partial charge in [0, 0.05) is 46.3 Å². The maximum Gasteiger partial charge on any atom is 0.407 e. The maximum atomic E-state index is 14.2. The number of carbonyl (C=O) groups excluding carboxylic acids is 2. The van der Waals surface area contributed by atoms with Crippen LogP contribution in [-0.4, -0.2) is 105 Å². The Bertz CT molecular complexity index is 1140. The summed E-state index contributed by atoms with van der Waals surface area (Å²) in [5.74, 6) is -0.0522. The number of para-hydroxylation sites is 1. The van der Waals surface area contributed by atoms with Gasteiger partial charge in [-0.15, -0.1) is 5.10 Å². The van der Waals surface area contributed by atoms with Crippen LogP contribution < -0.4 is 0 Å². The molecule has 212 valence electrons. The fourth-order valence-electron chi connectivity index (χ4n) is 5.64. The SMILES string of the molecule is COCCCCc1c(C(=O)N(CC(C)C)[C@H]2C[C@@H](N3CCCC3=O)CN(C(=O)O)C2)nnn1-c1ccccc1. The molecule has 0 bridgehead atoms. The maximum absolute atomic E-state index is 14.2. The van der Waals surface area contributed by atoms with E-state index in [2.05, 4.69) is 10.3 Å². The molecule has 1 aromatic carbocycles. The molecule has 2 atom stereocenters. The number of amides is 3. The minimum Gasteiger partial charge on any atom is -0.465 e. The predicted molar refractivity (Wildman–Crippen MR) is 145 cm³/mol. The lowest BCUT2D eigenvalue weighted by Gasteiger charge is -2.44. The Morgan fingerprint density at radius 1 is 1.18 bits per heavy atom. The normalized spacial score (nSPS) is 19.6. The van der Waals surface area contributed by atoms with E-state index in [0.717, 1.165) is 30.6 Å². The molecule has 11 heteroatoms. The summed E-state index contributed by atoms with van der Waals surface area (Å²) in [6.07, 6.45) is 2.98. The van der Waals surface area contributed by atoms with Crippen molar-refractivity contribution in [3.8, 4) is 5.69 Å². The van der Waals surface area contributed by atoms with Crippen LogP contribution in [0.2, 0.25) is 0 Å². The van der Waals surface area contributed by atoms with Crippen LogP contribution in [0.3, 0.4) is 0 Å². The van der Waals surface area contributed by atoms with Crippen LogP contribution in [0.25, 0.3) is 5.69 Å². The molecule has 0 saturated carbocycles. The van der Waals surface area contributed by atoms with Gasteiger partial charge in [0.15, 0.2) is 5.69 Å². The van der Waals surface area contributed by atoms with Crippen LogP contribution >= 0.6 is 0 Å². The van der Waals surface area contributed by atoms with E-state index in [1.54, 1.807) is 21.6 Å². The van der Waals surface area contributed by atoms with Crippen molar-refractivity contribution in [1.29, 1.82) is 0 Å². The van der Waals surface area contributed by atoms with Gasteiger partial charge in [0.05, 0.1) is 23.5 Å². The van der Waals surface area contributed by atoms with Gasteiger partial charge in [-0.05, 0) is 50.2 Å². The first-order valence-electron chi connectivity index (χ1n) is 13.9. The number of piperidine rings is 1. The van der Waals surface area contributed by atoms with E-state index in [0.29, 0.717) is 39.0 Å². The van der Waals surface area contributed by atoms with E-state index in [1.165, 1.54) is 4.90 Å². The summed E-state index contributed by atoms with van der Waals surface area (Å²) < 4.78 is 6.94. The molecule has 2 aromatic rings. The Morgan fingerprint density at radius 2 is 1.95 bits per heavy atom. The summed E-state index contributed by atoms with van der Waals surface area (Å²) >= 11 is 0. The van der Waals surface area contributed by atoms with Gasteiger partial charge in [-0.25, -0.2) is 9.48 Å². The number of carbonyl (C=O) groups is 3. The molecule has 3 amide bonds. The molecule has 0 aliphatic carbocycles. The summed E-state index contributed by atoms with van der Waals surface area (Å²) in [4.78, 5) is 43.8. The summed E-state index contributed by atoms with van der Waals surface area (Å²) in [5.41, 5.74) is 1.84. The molecule has 2 aliphatic heterocycles. The lowest BCUT2D eigenvalue weighted by molar-refractivity contribution is -0.131. The highest BCUT2D eigenvalue weighted by Crippen LogP contribution is 2.27. The van der Waals surface area contributed by atoms with Crippen molar-refractivity contribution < 1.29 is 24.2 Å². The number of unbranched alkanes of at least 4 members (excludes halogenated alkanes) is 1. The number of benzene rings is 1. The van der Waals surface area contributed by atoms with Gasteiger partial charge in [0.1, 0.15) is 0 Å². The molecule has 2 saturated heterocycles. The summed E-state index contributed by atoms with van der Waals surface area (Å²) in [6.45, 7) is 6.22. The van der Waals surface area contributed by atoms with E-state index in [1.807, 2.05) is 44.2 Å². The molecule has 39 heavy (non-hydrogen) atoms. The fraction of sp³-hybridized carbons (Fsp3) is 0.607. The summed E-state index contributed by atoms with van der Waals surface area (Å²) in [6, 6.07) is 8.97. The van der Waals surface area contributed by atoms with Crippen LogP contribution in [0.4, 0.5) is 4.79 Å². The molecular formula is C28H40N6O5. The molecule has 3 heterocycles. The van der Waals surface area contributed by atoms with Gasteiger partial charge < -0.3 is 24.5 Å². The third kappa shape index (κ3) is 6.76. The van der Waals surface area contributed by atoms with E-state index >= 15 is 0 Å². The zero-order chi connectivity index (χ0) is 27.9. The van der Waals surface area contributed by atoms with Crippen LogP contribution in [0, 0.1) is 5.92 Å². The first-order valence-corrected chi connectivity index (χ1v) is 13.9. The number of carboxylic acid groups (broad SMARTS) is 1. The lowest BCUT2D eigenvalue weighted by Crippen LogP contribution is -2.60. The number of hydrogen-bond acceptors (Lipinski definition) is 6. The molecule has 2 aliphatic rings. The molecular weight excluding hydrogens is 500 g/mol. The number of methoxy groups -OCH3 is 1. The number of ether oxygens (including phenoxy) is 1. The van der Waals surface area contributed by atoms with Gasteiger partial charge in [0.2, 0.25) is 5.91 Å². The minimum absolute atomic E-state index is 0.0527. The monoisotopic (exact) mass is 540 g/mol. The topological polar surface area (TPSA) is 121 Å². The Labute approximate surface area is 229 Å². The first kappa shape index (κ1) is 28.5. The quantitative estimate of drug-likeness (QED) is 0.435. The van der Waals surface area contributed by atoms with E-state index in [4.69, 9.17) is 4.74 Å². The molecule has 2 fully saturated rings. The molecule has 4 rings (SSSR count). The average molecular weight is 541 g/mol. The molecule has 11 nitrogen and oxygen atoms in total. The third-order valence-electron chi connectivity index (χ3n) is 7.47.